The van der Waals surface area contributed by atoms with Gasteiger partial charge in [-0.1, -0.05) is 0 Å². The van der Waals surface area contributed by atoms with E-state index in [-0.39, 0.29) is 36.3 Å². The number of methoxy groups -OCH3 is 1. The predicted molar refractivity (Wildman–Crippen MR) is 154 cm³/mol. The average Bonchev–Trinajstić information content (AvgIpc) is 3.37. The molecule has 0 bridgehead atoms. The molecule has 1 atom stereocenters. The smallest absolute Gasteiger partial charge is 0.272 e. The number of halogens is 2. The van der Waals surface area contributed by atoms with Gasteiger partial charge in [0.2, 0.25) is 20.0 Å². The minimum absolute atomic E-state index is 0.0240. The second kappa shape index (κ2) is 11.6. The first-order valence-corrected chi connectivity index (χ1v) is 18.1. The summed E-state index contributed by atoms with van der Waals surface area (Å²) in [6.45, 7) is 4.78. The molecule has 4 aliphatic rings. The summed E-state index contributed by atoms with van der Waals surface area (Å²) in [6.07, 6.45) is 7.87. The van der Waals surface area contributed by atoms with Crippen molar-refractivity contribution in [2.24, 2.45) is 5.41 Å². The van der Waals surface area contributed by atoms with Crippen LogP contribution >= 0.6 is 0 Å². The molecule has 4 fully saturated rings. The number of nitrogens with zero attached hydrogens (tertiary/aromatic N) is 3. The number of likely N-dealkylation sites (tertiary alicyclic amines) is 1. The molecule has 1 saturated carbocycles. The molecule has 41 heavy (non-hydrogen) atoms. The van der Waals surface area contributed by atoms with Gasteiger partial charge in [0, 0.05) is 31.7 Å². The van der Waals surface area contributed by atoms with Crippen LogP contribution in [0.5, 0.6) is 5.75 Å². The fourth-order valence-corrected chi connectivity index (χ4v) is 11.4. The molecule has 1 aromatic carbocycles. The molecule has 0 unspecified atom stereocenters. The molecule has 3 aliphatic heterocycles. The zero-order valence-corrected chi connectivity index (χ0v) is 26.2. The zero-order valence-electron chi connectivity index (χ0n) is 24.6. The number of hydrogen-bond acceptors (Lipinski definition) is 6. The Morgan fingerprint density at radius 1 is 0.927 bits per heavy atom. The van der Waals surface area contributed by atoms with Crippen molar-refractivity contribution in [3.63, 3.8) is 0 Å². The van der Waals surface area contributed by atoms with Crippen molar-refractivity contribution in [3.8, 4) is 5.75 Å². The van der Waals surface area contributed by atoms with Crippen molar-refractivity contribution in [2.45, 2.75) is 101 Å². The summed E-state index contributed by atoms with van der Waals surface area (Å²) in [6, 6.07) is 3.50. The monoisotopic (exact) mass is 617 g/mol. The third kappa shape index (κ3) is 6.46. The van der Waals surface area contributed by atoms with Gasteiger partial charge in [0.05, 0.1) is 30.8 Å². The highest BCUT2D eigenvalue weighted by Crippen LogP contribution is 2.47. The number of sulfonamides is 2. The summed E-state index contributed by atoms with van der Waals surface area (Å²) in [7, 11) is -5.58. The molecule has 3 heterocycles. The fraction of sp³-hybridized carbons (Fsp3) is 0.793. The molecule has 8 nitrogen and oxygen atoms in total. The van der Waals surface area contributed by atoms with Gasteiger partial charge in [0.15, 0.2) is 0 Å². The third-order valence-electron chi connectivity index (χ3n) is 10.1. The van der Waals surface area contributed by atoms with Crippen LogP contribution in [0.3, 0.4) is 0 Å². The van der Waals surface area contributed by atoms with E-state index in [0.717, 1.165) is 51.4 Å². The minimum atomic E-state index is -3.71. The van der Waals surface area contributed by atoms with Crippen molar-refractivity contribution in [3.05, 3.63) is 23.3 Å². The zero-order chi connectivity index (χ0) is 29.6. The summed E-state index contributed by atoms with van der Waals surface area (Å²) in [4.78, 5) is 2.22. The largest absolute Gasteiger partial charge is 0.497 e. The van der Waals surface area contributed by atoms with Crippen molar-refractivity contribution >= 4 is 20.0 Å². The Kier molecular flexibility index (Phi) is 8.82. The number of piperidine rings is 1. The highest BCUT2D eigenvalue weighted by Gasteiger charge is 2.49. The van der Waals surface area contributed by atoms with Crippen LogP contribution in [-0.2, 0) is 20.0 Å². The summed E-state index contributed by atoms with van der Waals surface area (Å²) in [5, 5.41) is 0. The maximum Gasteiger partial charge on any atom is 0.272 e. The van der Waals surface area contributed by atoms with Crippen LogP contribution in [-0.4, -0.2) is 93.9 Å². The molecule has 1 spiro atoms. The first kappa shape index (κ1) is 31.1. The lowest BCUT2D eigenvalue weighted by atomic mass is 9.67. The van der Waals surface area contributed by atoms with Gasteiger partial charge in [-0.2, -0.15) is 4.31 Å². The van der Waals surface area contributed by atoms with E-state index in [9.17, 15) is 25.6 Å². The number of hydrogen-bond donors (Lipinski definition) is 0. The Labute approximate surface area is 244 Å². The van der Waals surface area contributed by atoms with Crippen LogP contribution in [0, 0.1) is 19.3 Å². The number of aryl methyl sites for hydroxylation is 2. The molecule has 5 rings (SSSR count). The lowest BCUT2D eigenvalue weighted by Gasteiger charge is -2.50. The van der Waals surface area contributed by atoms with Gasteiger partial charge < -0.3 is 4.74 Å². The fourth-order valence-electron chi connectivity index (χ4n) is 7.72. The molecule has 3 saturated heterocycles. The van der Waals surface area contributed by atoms with Gasteiger partial charge in [-0.15, -0.1) is 0 Å². The Balaban J connectivity index is 1.11. The van der Waals surface area contributed by atoms with E-state index in [1.165, 1.54) is 0 Å². The van der Waals surface area contributed by atoms with Gasteiger partial charge in [-0.05, 0) is 107 Å². The molecule has 12 heteroatoms. The van der Waals surface area contributed by atoms with E-state index in [0.29, 0.717) is 54.2 Å². The molecular weight excluding hydrogens is 572 g/mol. The number of rotatable bonds is 9. The Morgan fingerprint density at radius 3 is 2.10 bits per heavy atom. The molecule has 232 valence electrons. The molecule has 0 radical (unpaired) electrons. The standard InChI is InChI=1S/C29H45F2N3O5S2/c1-22-18-26(39-3)19-23(2)27(22)41(37,38)34-14-4-6-25(34)7-5-17-40(35,36)33-15-12-28(13-16-33)10-8-24(9-11-28)32-20-29(30,31)21-32/h18-19,24-25H,4-17,20-21H2,1-3H3/t25-/m0/s1. The summed E-state index contributed by atoms with van der Waals surface area (Å²) >= 11 is 0. The number of alkyl halides is 2. The van der Waals surface area contributed by atoms with Gasteiger partial charge >= 0.3 is 0 Å². The minimum Gasteiger partial charge on any atom is -0.497 e. The Bertz CT molecular complexity index is 1290. The maximum atomic E-state index is 13.7. The molecule has 0 amide bonds. The van der Waals surface area contributed by atoms with Crippen molar-refractivity contribution < 1.29 is 30.4 Å². The lowest BCUT2D eigenvalue weighted by Crippen LogP contribution is -2.61. The molecule has 1 aromatic rings. The lowest BCUT2D eigenvalue weighted by molar-refractivity contribution is -0.153. The maximum absolute atomic E-state index is 13.7. The SMILES string of the molecule is COc1cc(C)c(S(=O)(=O)N2CCC[C@H]2CCCS(=O)(=O)N2CCC3(CCC(N4CC(F)(F)C4)CC3)CC2)c(C)c1. The highest BCUT2D eigenvalue weighted by atomic mass is 32.2. The number of benzene rings is 1. The third-order valence-corrected chi connectivity index (χ3v) is 14.3. The van der Waals surface area contributed by atoms with Gasteiger partial charge in [-0.25, -0.2) is 29.9 Å². The van der Waals surface area contributed by atoms with Crippen LogP contribution < -0.4 is 4.74 Å². The van der Waals surface area contributed by atoms with Crippen molar-refractivity contribution in [1.82, 2.24) is 13.5 Å². The molecule has 1 aliphatic carbocycles. The quantitative estimate of drug-likeness (QED) is 0.404. The first-order chi connectivity index (χ1) is 19.3. The second-order valence-corrected chi connectivity index (χ2v) is 16.8. The van der Waals surface area contributed by atoms with Crippen LogP contribution in [0.15, 0.2) is 17.0 Å². The van der Waals surface area contributed by atoms with Crippen molar-refractivity contribution in [1.29, 1.82) is 0 Å². The van der Waals surface area contributed by atoms with E-state index in [1.807, 2.05) is 4.90 Å². The van der Waals surface area contributed by atoms with E-state index in [4.69, 9.17) is 4.74 Å². The van der Waals surface area contributed by atoms with Gasteiger partial charge in [-0.3, -0.25) is 4.90 Å². The number of ether oxygens (including phenoxy) is 1. The van der Waals surface area contributed by atoms with Crippen LogP contribution in [0.4, 0.5) is 8.78 Å². The van der Waals surface area contributed by atoms with Crippen LogP contribution in [0.25, 0.3) is 0 Å². The van der Waals surface area contributed by atoms with Gasteiger partial charge in [0.25, 0.3) is 5.92 Å². The highest BCUT2D eigenvalue weighted by molar-refractivity contribution is 7.89. The van der Waals surface area contributed by atoms with Crippen LogP contribution in [0.1, 0.15) is 75.3 Å². The summed E-state index contributed by atoms with van der Waals surface area (Å²) in [5.41, 5.74) is 1.42. The predicted octanol–water partition coefficient (Wildman–Crippen LogP) is 4.55. The Morgan fingerprint density at radius 2 is 1.54 bits per heavy atom. The van der Waals surface area contributed by atoms with Crippen LogP contribution in [0.2, 0.25) is 0 Å². The van der Waals surface area contributed by atoms with E-state index in [2.05, 4.69) is 0 Å². The first-order valence-electron chi connectivity index (χ1n) is 15.0. The molecular formula is C29H45F2N3O5S2. The van der Waals surface area contributed by atoms with E-state index < -0.39 is 26.0 Å². The average molecular weight is 618 g/mol. The molecule has 0 N–H and O–H groups in total. The summed E-state index contributed by atoms with van der Waals surface area (Å²) in [5.74, 6) is -1.89. The molecule has 0 aromatic heterocycles. The second-order valence-electron chi connectivity index (χ2n) is 12.9. The topological polar surface area (TPSA) is 87.2 Å². The van der Waals surface area contributed by atoms with E-state index in [1.54, 1.807) is 41.7 Å². The van der Waals surface area contributed by atoms with Gasteiger partial charge in [0.1, 0.15) is 5.75 Å². The van der Waals surface area contributed by atoms with Crippen molar-refractivity contribution in [2.75, 3.05) is 45.6 Å². The van der Waals surface area contributed by atoms with E-state index >= 15 is 0 Å². The Hall–Kier alpha value is -1.34. The summed E-state index contributed by atoms with van der Waals surface area (Å²) < 4.78 is 88.8. The normalized spacial score (nSPS) is 26.3.